The van der Waals surface area contributed by atoms with Gasteiger partial charge < -0.3 is 9.84 Å². The number of nitrogens with one attached hydrogen (secondary N) is 1. The highest BCUT2D eigenvalue weighted by atomic mass is 16.5. The van der Waals surface area contributed by atoms with Crippen molar-refractivity contribution in [1.82, 2.24) is 15.0 Å². The van der Waals surface area contributed by atoms with E-state index in [1.165, 1.54) is 0 Å². The number of nitrogens with zero attached hydrogens (tertiary/aromatic N) is 2. The van der Waals surface area contributed by atoms with Gasteiger partial charge in [-0.3, -0.25) is 4.98 Å². The van der Waals surface area contributed by atoms with E-state index in [1.54, 1.807) is 25.3 Å². The van der Waals surface area contributed by atoms with Crippen LogP contribution in [0.25, 0.3) is 0 Å². The lowest BCUT2D eigenvalue weighted by atomic mass is 10.1. The summed E-state index contributed by atoms with van der Waals surface area (Å²) in [6.45, 7) is 5.74. The monoisotopic (exact) mass is 275 g/mol. The van der Waals surface area contributed by atoms with Gasteiger partial charge in [-0.05, 0) is 25.0 Å². The molecule has 0 spiro atoms. The summed E-state index contributed by atoms with van der Waals surface area (Å²) in [5, 5.41) is 2.66. The van der Waals surface area contributed by atoms with Crippen LogP contribution in [0.3, 0.4) is 0 Å². The molecule has 6 nitrogen and oxygen atoms in total. The molecule has 0 aliphatic carbocycles. The molecule has 2 rings (SSSR count). The summed E-state index contributed by atoms with van der Waals surface area (Å²) < 4.78 is 5.99. The highest BCUT2D eigenvalue weighted by Gasteiger charge is 2.20. The predicted octanol–water partition coefficient (Wildman–Crippen LogP) is 2.03. The highest BCUT2D eigenvalue weighted by molar-refractivity contribution is 5.76. The molecule has 0 atom stereocenters. The Labute approximate surface area is 116 Å². The lowest BCUT2D eigenvalue weighted by Gasteiger charge is -2.06. The fraction of sp³-hybridized carbons (Fsp3) is 0.357. The number of aromatic nitrogens is 2. The van der Waals surface area contributed by atoms with Crippen molar-refractivity contribution in [2.75, 3.05) is 0 Å². The fourth-order valence-corrected chi connectivity index (χ4v) is 2.05. The Morgan fingerprint density at radius 2 is 2.20 bits per heavy atom. The van der Waals surface area contributed by atoms with E-state index in [2.05, 4.69) is 10.3 Å². The van der Waals surface area contributed by atoms with Gasteiger partial charge in [0.25, 0.3) is 0 Å². The van der Waals surface area contributed by atoms with E-state index in [0.29, 0.717) is 11.3 Å². The first kappa shape index (κ1) is 14.0. The molecule has 0 saturated heterocycles. The first-order valence-corrected chi connectivity index (χ1v) is 6.41. The molecule has 0 fully saturated rings. The molecule has 0 radical (unpaired) electrons. The lowest BCUT2D eigenvalue weighted by molar-refractivity contribution is 0.204. The number of pyridine rings is 1. The van der Waals surface area contributed by atoms with Gasteiger partial charge in [-0.25, -0.2) is 9.59 Å². The van der Waals surface area contributed by atoms with Crippen LogP contribution in [0.1, 0.15) is 36.7 Å². The second-order valence-corrected chi connectivity index (χ2v) is 4.81. The molecule has 0 saturated carbocycles. The summed E-state index contributed by atoms with van der Waals surface area (Å²) >= 11 is 0. The third-order valence-electron chi connectivity index (χ3n) is 3.00. The summed E-state index contributed by atoms with van der Waals surface area (Å²) in [5.41, 5.74) is 1.32. The first-order valence-electron chi connectivity index (χ1n) is 6.41. The number of carbonyl (C=O) groups is 1. The molecule has 2 aromatic rings. The predicted molar refractivity (Wildman–Crippen MR) is 73.7 cm³/mol. The molecular weight excluding hydrogens is 258 g/mol. The zero-order valence-electron chi connectivity index (χ0n) is 11.7. The highest BCUT2D eigenvalue weighted by Crippen LogP contribution is 2.15. The lowest BCUT2D eigenvalue weighted by Crippen LogP contribution is -2.28. The van der Waals surface area contributed by atoms with Crippen molar-refractivity contribution in [3.05, 3.63) is 51.8 Å². The topological polar surface area (TPSA) is 77.1 Å². The molecule has 0 aromatic carbocycles. The minimum atomic E-state index is -0.475. The van der Waals surface area contributed by atoms with Crippen molar-refractivity contribution < 1.29 is 9.32 Å². The van der Waals surface area contributed by atoms with Crippen molar-refractivity contribution in [3.63, 3.8) is 0 Å². The van der Waals surface area contributed by atoms with Crippen LogP contribution in [-0.2, 0) is 6.54 Å². The molecule has 0 unspecified atom stereocenters. The molecule has 6 heteroatoms. The third kappa shape index (κ3) is 2.79. The van der Waals surface area contributed by atoms with Gasteiger partial charge in [0.15, 0.2) is 0 Å². The Hall–Kier alpha value is -2.37. The van der Waals surface area contributed by atoms with Gasteiger partial charge in [-0.1, -0.05) is 19.9 Å². The first-order chi connectivity index (χ1) is 9.50. The van der Waals surface area contributed by atoms with Gasteiger partial charge in [-0.2, -0.15) is 0 Å². The van der Waals surface area contributed by atoms with Crippen molar-refractivity contribution in [1.29, 1.82) is 0 Å². The van der Waals surface area contributed by atoms with Gasteiger partial charge >= 0.3 is 11.7 Å². The molecule has 2 heterocycles. The van der Waals surface area contributed by atoms with Crippen LogP contribution in [0.15, 0.2) is 33.7 Å². The molecule has 1 N–H and O–H groups in total. The van der Waals surface area contributed by atoms with Crippen LogP contribution in [0.2, 0.25) is 0 Å². The maximum Gasteiger partial charge on any atom is 0.361 e. The zero-order chi connectivity index (χ0) is 14.7. The Kier molecular flexibility index (Phi) is 4.02. The van der Waals surface area contributed by atoms with E-state index in [0.717, 1.165) is 10.4 Å². The molecule has 106 valence electrons. The van der Waals surface area contributed by atoms with Gasteiger partial charge in [0, 0.05) is 6.20 Å². The van der Waals surface area contributed by atoms with Crippen LogP contribution in [0.5, 0.6) is 0 Å². The van der Waals surface area contributed by atoms with Crippen LogP contribution >= 0.6 is 0 Å². The van der Waals surface area contributed by atoms with Crippen molar-refractivity contribution in [2.45, 2.75) is 33.2 Å². The second kappa shape index (κ2) is 5.73. The van der Waals surface area contributed by atoms with E-state index in [9.17, 15) is 9.59 Å². The van der Waals surface area contributed by atoms with Gasteiger partial charge in [0.2, 0.25) is 0 Å². The summed E-state index contributed by atoms with van der Waals surface area (Å²) in [4.78, 5) is 27.8. The summed E-state index contributed by atoms with van der Waals surface area (Å²) in [5.74, 6) is 0.0103. The maximum absolute atomic E-state index is 12.0. The molecule has 0 bridgehead atoms. The molecular formula is C14H17N3O3. The molecule has 0 aliphatic rings. The van der Waals surface area contributed by atoms with E-state index in [1.807, 2.05) is 19.9 Å². The van der Waals surface area contributed by atoms with Crippen LogP contribution in [0.4, 0.5) is 4.79 Å². The number of carbonyl (C=O) groups excluding carboxylic acids is 1. The van der Waals surface area contributed by atoms with Gasteiger partial charge in [-0.15, -0.1) is 4.74 Å². The quantitative estimate of drug-likeness (QED) is 0.929. The van der Waals surface area contributed by atoms with Crippen molar-refractivity contribution in [3.8, 4) is 0 Å². The Balaban J connectivity index is 2.14. The summed E-state index contributed by atoms with van der Waals surface area (Å²) in [6, 6.07) is 4.97. The smallest absolute Gasteiger partial charge is 0.330 e. The normalized spacial score (nSPS) is 10.8. The average Bonchev–Trinajstić information content (AvgIpc) is 2.72. The SMILES string of the molecule is Cc1c(C(C)C)c(=O)on1C(=O)NCc1ccccn1. The Bertz CT molecular complexity index is 656. The van der Waals surface area contributed by atoms with Crippen LogP contribution in [0, 0.1) is 6.92 Å². The van der Waals surface area contributed by atoms with E-state index in [-0.39, 0.29) is 12.5 Å². The molecule has 1 amide bonds. The fourth-order valence-electron chi connectivity index (χ4n) is 2.05. The number of hydrogen-bond donors (Lipinski definition) is 1. The Morgan fingerprint density at radius 3 is 2.75 bits per heavy atom. The zero-order valence-corrected chi connectivity index (χ0v) is 11.7. The van der Waals surface area contributed by atoms with Gasteiger partial charge in [0.05, 0.1) is 23.5 Å². The standard InChI is InChI=1S/C14H17N3O3/c1-9(2)12-10(3)17(20-13(12)18)14(19)16-8-11-6-4-5-7-15-11/h4-7,9H,8H2,1-3H3,(H,16,19). The van der Waals surface area contributed by atoms with E-state index < -0.39 is 11.7 Å². The van der Waals surface area contributed by atoms with Crippen LogP contribution in [-0.4, -0.2) is 15.8 Å². The van der Waals surface area contributed by atoms with E-state index >= 15 is 0 Å². The Morgan fingerprint density at radius 1 is 1.45 bits per heavy atom. The minimum absolute atomic E-state index is 0.0103. The molecule has 0 aliphatic heterocycles. The molecule has 20 heavy (non-hydrogen) atoms. The number of rotatable bonds is 3. The molecule has 2 aromatic heterocycles. The maximum atomic E-state index is 12.0. The number of hydrogen-bond acceptors (Lipinski definition) is 4. The second-order valence-electron chi connectivity index (χ2n) is 4.81. The third-order valence-corrected chi connectivity index (χ3v) is 3.00. The largest absolute Gasteiger partial charge is 0.361 e. The van der Waals surface area contributed by atoms with E-state index in [4.69, 9.17) is 4.52 Å². The van der Waals surface area contributed by atoms with Crippen molar-refractivity contribution in [2.24, 2.45) is 0 Å². The number of amides is 1. The van der Waals surface area contributed by atoms with Gasteiger partial charge in [0.1, 0.15) is 0 Å². The average molecular weight is 275 g/mol. The summed E-state index contributed by atoms with van der Waals surface area (Å²) in [6.07, 6.45) is 1.65. The summed E-state index contributed by atoms with van der Waals surface area (Å²) in [7, 11) is 0. The van der Waals surface area contributed by atoms with Crippen molar-refractivity contribution >= 4 is 6.03 Å². The van der Waals surface area contributed by atoms with Crippen LogP contribution < -0.4 is 10.9 Å². The minimum Gasteiger partial charge on any atom is -0.330 e.